The van der Waals surface area contributed by atoms with Gasteiger partial charge in [0.2, 0.25) is 0 Å². The van der Waals surface area contributed by atoms with Gasteiger partial charge in [-0.1, -0.05) is 0 Å². The topological polar surface area (TPSA) is 97.4 Å². The lowest BCUT2D eigenvalue weighted by Gasteiger charge is -2.07. The van der Waals surface area contributed by atoms with Crippen LogP contribution in [0.1, 0.15) is 17.5 Å². The maximum absolute atomic E-state index is 8.67. The molecule has 0 aliphatic heterocycles. The number of nitrogens with one attached hydrogen (secondary N) is 2. The Labute approximate surface area is 123 Å². The first-order valence-electron chi connectivity index (χ1n) is 6.52. The molecule has 0 unspecified atom stereocenters. The minimum absolute atomic E-state index is 0.550. The van der Waals surface area contributed by atoms with Crippen LogP contribution in [-0.4, -0.2) is 23.1 Å². The molecule has 0 aliphatic carbocycles. The van der Waals surface area contributed by atoms with Gasteiger partial charge in [0.25, 0.3) is 0 Å². The molecule has 0 spiro atoms. The summed E-state index contributed by atoms with van der Waals surface area (Å²) in [6.07, 6.45) is 3.98. The van der Waals surface area contributed by atoms with E-state index in [1.54, 1.807) is 36.7 Å². The number of rotatable bonds is 6. The zero-order valence-electron chi connectivity index (χ0n) is 11.4. The molecule has 2 rings (SSSR count). The van der Waals surface area contributed by atoms with Crippen LogP contribution in [0.25, 0.3) is 0 Å². The summed E-state index contributed by atoms with van der Waals surface area (Å²) in [7, 11) is 0. The fourth-order valence-electron chi connectivity index (χ4n) is 1.65. The van der Waals surface area contributed by atoms with E-state index in [0.29, 0.717) is 11.1 Å². The molecule has 6 nitrogen and oxygen atoms in total. The van der Waals surface area contributed by atoms with Gasteiger partial charge < -0.3 is 10.6 Å². The van der Waals surface area contributed by atoms with E-state index in [1.165, 1.54) is 0 Å². The highest BCUT2D eigenvalue weighted by Gasteiger charge is 1.96. The Hall–Kier alpha value is -3.12. The molecule has 104 valence electrons. The first kappa shape index (κ1) is 14.3. The second kappa shape index (κ2) is 7.46. The molecule has 0 saturated carbocycles. The summed E-state index contributed by atoms with van der Waals surface area (Å²) < 4.78 is 0. The second-order valence-electron chi connectivity index (χ2n) is 4.29. The monoisotopic (exact) mass is 278 g/mol. The van der Waals surface area contributed by atoms with Crippen LogP contribution < -0.4 is 10.6 Å². The van der Waals surface area contributed by atoms with Gasteiger partial charge in [-0.05, 0) is 30.7 Å². The summed E-state index contributed by atoms with van der Waals surface area (Å²) >= 11 is 0. The van der Waals surface area contributed by atoms with Crippen molar-refractivity contribution < 1.29 is 0 Å². The predicted molar refractivity (Wildman–Crippen MR) is 79.5 cm³/mol. The molecule has 2 heterocycles. The van der Waals surface area contributed by atoms with Crippen LogP contribution >= 0.6 is 0 Å². The minimum atomic E-state index is 0.550. The van der Waals surface area contributed by atoms with Gasteiger partial charge in [0.1, 0.15) is 23.8 Å². The van der Waals surface area contributed by atoms with E-state index in [-0.39, 0.29) is 0 Å². The van der Waals surface area contributed by atoms with Crippen molar-refractivity contribution in [3.05, 3.63) is 47.8 Å². The van der Waals surface area contributed by atoms with Crippen molar-refractivity contribution in [2.45, 2.75) is 6.42 Å². The molecule has 0 radical (unpaired) electrons. The standard InChI is InChI=1S/C15H14N6/c16-8-12-2-4-14(20-10-12)18-6-1-7-19-15-5-3-13(9-17)11-21-15/h2-5,10-11H,1,6-7H2,(H,18,20)(H,19,21). The van der Waals surface area contributed by atoms with Crippen molar-refractivity contribution in [2.24, 2.45) is 0 Å². The van der Waals surface area contributed by atoms with Crippen LogP contribution in [-0.2, 0) is 0 Å². The van der Waals surface area contributed by atoms with Crippen molar-refractivity contribution in [3.63, 3.8) is 0 Å². The van der Waals surface area contributed by atoms with E-state index < -0.39 is 0 Å². The fourth-order valence-corrected chi connectivity index (χ4v) is 1.65. The third-order valence-electron chi connectivity index (χ3n) is 2.75. The third-order valence-corrected chi connectivity index (χ3v) is 2.75. The van der Waals surface area contributed by atoms with E-state index >= 15 is 0 Å². The largest absolute Gasteiger partial charge is 0.370 e. The molecule has 0 aliphatic rings. The summed E-state index contributed by atoms with van der Waals surface area (Å²) in [5.74, 6) is 1.51. The summed E-state index contributed by atoms with van der Waals surface area (Å²) in [5.41, 5.74) is 1.10. The zero-order valence-corrected chi connectivity index (χ0v) is 11.4. The maximum atomic E-state index is 8.67. The number of aromatic nitrogens is 2. The van der Waals surface area contributed by atoms with Crippen molar-refractivity contribution in [2.75, 3.05) is 23.7 Å². The second-order valence-corrected chi connectivity index (χ2v) is 4.29. The fraction of sp³-hybridized carbons (Fsp3) is 0.200. The number of pyridine rings is 2. The van der Waals surface area contributed by atoms with Crippen molar-refractivity contribution in [3.8, 4) is 12.1 Å². The summed E-state index contributed by atoms with van der Waals surface area (Å²) in [6, 6.07) is 11.1. The van der Waals surface area contributed by atoms with Crippen molar-refractivity contribution in [1.29, 1.82) is 10.5 Å². The predicted octanol–water partition coefficient (Wildman–Crippen LogP) is 2.13. The molecule has 0 atom stereocenters. The number of hydrogen-bond donors (Lipinski definition) is 2. The zero-order chi connectivity index (χ0) is 14.9. The van der Waals surface area contributed by atoms with Crippen LogP contribution in [0.4, 0.5) is 11.6 Å². The molecule has 0 saturated heterocycles. The number of hydrogen-bond acceptors (Lipinski definition) is 6. The lowest BCUT2D eigenvalue weighted by molar-refractivity contribution is 0.898. The Morgan fingerprint density at radius 1 is 0.810 bits per heavy atom. The third kappa shape index (κ3) is 4.48. The Morgan fingerprint density at radius 2 is 1.29 bits per heavy atom. The van der Waals surface area contributed by atoms with Crippen LogP contribution in [0, 0.1) is 22.7 Å². The number of nitriles is 2. The van der Waals surface area contributed by atoms with Crippen molar-refractivity contribution in [1.82, 2.24) is 9.97 Å². The maximum Gasteiger partial charge on any atom is 0.125 e. The van der Waals surface area contributed by atoms with Gasteiger partial charge >= 0.3 is 0 Å². The van der Waals surface area contributed by atoms with Gasteiger partial charge in [0, 0.05) is 25.5 Å². The minimum Gasteiger partial charge on any atom is -0.370 e. The van der Waals surface area contributed by atoms with E-state index in [2.05, 4.69) is 20.6 Å². The van der Waals surface area contributed by atoms with Gasteiger partial charge in [-0.3, -0.25) is 0 Å². The van der Waals surface area contributed by atoms with E-state index in [4.69, 9.17) is 10.5 Å². The van der Waals surface area contributed by atoms with E-state index in [9.17, 15) is 0 Å². The van der Waals surface area contributed by atoms with Crippen LogP contribution in [0.5, 0.6) is 0 Å². The Bertz CT molecular complexity index is 589. The average molecular weight is 278 g/mol. The molecule has 21 heavy (non-hydrogen) atoms. The molecule has 6 heteroatoms. The van der Waals surface area contributed by atoms with Crippen LogP contribution in [0.3, 0.4) is 0 Å². The first-order valence-corrected chi connectivity index (χ1v) is 6.52. The average Bonchev–Trinajstić information content (AvgIpc) is 2.55. The smallest absolute Gasteiger partial charge is 0.125 e. The van der Waals surface area contributed by atoms with Gasteiger partial charge in [0.15, 0.2) is 0 Å². The summed E-state index contributed by atoms with van der Waals surface area (Å²) in [4.78, 5) is 8.25. The lowest BCUT2D eigenvalue weighted by atomic mass is 10.3. The van der Waals surface area contributed by atoms with Gasteiger partial charge in [-0.25, -0.2) is 9.97 Å². The normalized spacial score (nSPS) is 9.43. The molecule has 0 aromatic carbocycles. The molecular formula is C15H14N6. The SMILES string of the molecule is N#Cc1ccc(NCCCNc2ccc(C#N)cn2)nc1. The van der Waals surface area contributed by atoms with E-state index in [1.807, 2.05) is 12.1 Å². The Balaban J connectivity index is 1.67. The molecule has 0 fully saturated rings. The highest BCUT2D eigenvalue weighted by molar-refractivity contribution is 5.40. The van der Waals surface area contributed by atoms with Crippen LogP contribution in [0.2, 0.25) is 0 Å². The molecule has 2 N–H and O–H groups in total. The van der Waals surface area contributed by atoms with Crippen molar-refractivity contribution >= 4 is 11.6 Å². The molecular weight excluding hydrogens is 264 g/mol. The molecule has 0 amide bonds. The highest BCUT2D eigenvalue weighted by atomic mass is 15.0. The summed E-state index contributed by atoms with van der Waals surface area (Å²) in [6.45, 7) is 1.53. The summed E-state index contributed by atoms with van der Waals surface area (Å²) in [5, 5.41) is 23.7. The van der Waals surface area contributed by atoms with Crippen LogP contribution in [0.15, 0.2) is 36.7 Å². The molecule has 2 aromatic rings. The molecule has 2 aromatic heterocycles. The van der Waals surface area contributed by atoms with Gasteiger partial charge in [-0.2, -0.15) is 10.5 Å². The lowest BCUT2D eigenvalue weighted by Crippen LogP contribution is -2.10. The first-order chi connectivity index (χ1) is 10.3. The Morgan fingerprint density at radius 3 is 1.62 bits per heavy atom. The number of nitrogens with zero attached hydrogens (tertiary/aromatic N) is 4. The Kier molecular flexibility index (Phi) is 5.08. The number of anilines is 2. The van der Waals surface area contributed by atoms with E-state index in [0.717, 1.165) is 31.1 Å². The highest BCUT2D eigenvalue weighted by Crippen LogP contribution is 2.05. The molecule has 0 bridgehead atoms. The van der Waals surface area contributed by atoms with Gasteiger partial charge in [-0.15, -0.1) is 0 Å². The quantitative estimate of drug-likeness (QED) is 0.786. The van der Waals surface area contributed by atoms with Gasteiger partial charge in [0.05, 0.1) is 11.1 Å².